The predicted molar refractivity (Wildman–Crippen MR) is 91.5 cm³/mol. The van der Waals surface area contributed by atoms with E-state index in [2.05, 4.69) is 16.0 Å². The van der Waals surface area contributed by atoms with Crippen molar-refractivity contribution >= 4 is 34.2 Å². The normalized spacial score (nSPS) is 15.7. The van der Waals surface area contributed by atoms with E-state index >= 15 is 0 Å². The molecule has 0 saturated carbocycles. The molecule has 1 aliphatic heterocycles. The molecule has 0 fully saturated rings. The van der Waals surface area contributed by atoms with Crippen molar-refractivity contribution in [2.75, 3.05) is 13.1 Å². The van der Waals surface area contributed by atoms with E-state index in [-0.39, 0.29) is 6.09 Å². The summed E-state index contributed by atoms with van der Waals surface area (Å²) in [5.41, 5.74) is 2.83. The number of hydrogen-bond donors (Lipinski definition) is 1. The maximum atomic E-state index is 12.1. The molecule has 3 heterocycles. The summed E-state index contributed by atoms with van der Waals surface area (Å²) in [7, 11) is 0. The van der Waals surface area contributed by atoms with Crippen LogP contribution in [-0.2, 0) is 4.74 Å². The molecular formula is C17H20ClN3O2. The van der Waals surface area contributed by atoms with E-state index in [1.807, 2.05) is 33.0 Å². The van der Waals surface area contributed by atoms with E-state index in [0.717, 1.165) is 22.9 Å². The quantitative estimate of drug-likeness (QED) is 0.794. The molecule has 3 rings (SSSR count). The zero-order valence-corrected chi connectivity index (χ0v) is 14.3. The molecule has 0 aliphatic carbocycles. The lowest BCUT2D eigenvalue weighted by atomic mass is 10.00. The van der Waals surface area contributed by atoms with Gasteiger partial charge in [-0.15, -0.1) is 0 Å². The summed E-state index contributed by atoms with van der Waals surface area (Å²) in [5.74, 6) is 0. The largest absolute Gasteiger partial charge is 0.444 e. The number of aromatic nitrogens is 2. The van der Waals surface area contributed by atoms with Gasteiger partial charge in [-0.2, -0.15) is 0 Å². The SMILES string of the molecule is CC(C)(C)OC(=O)N1CC=C(c2c[nH]c3cc(Cl)ncc23)CC1. The van der Waals surface area contributed by atoms with E-state index in [9.17, 15) is 4.79 Å². The van der Waals surface area contributed by atoms with Gasteiger partial charge in [0.05, 0.1) is 5.52 Å². The van der Waals surface area contributed by atoms with E-state index in [1.165, 1.54) is 5.57 Å². The van der Waals surface area contributed by atoms with Crippen LogP contribution in [0.1, 0.15) is 32.8 Å². The molecule has 2 aromatic rings. The third-order valence-electron chi connectivity index (χ3n) is 3.74. The second-order valence-electron chi connectivity index (χ2n) is 6.66. The van der Waals surface area contributed by atoms with Crippen molar-refractivity contribution in [1.29, 1.82) is 0 Å². The van der Waals surface area contributed by atoms with E-state index in [0.29, 0.717) is 18.2 Å². The van der Waals surface area contributed by atoms with Crippen LogP contribution in [0.15, 0.2) is 24.5 Å². The minimum absolute atomic E-state index is 0.264. The number of fused-ring (bicyclic) bond motifs is 1. The third kappa shape index (κ3) is 3.50. The molecule has 0 aromatic carbocycles. The molecule has 0 bridgehead atoms. The number of ether oxygens (including phenoxy) is 1. The number of pyridine rings is 1. The highest BCUT2D eigenvalue weighted by Crippen LogP contribution is 2.30. The van der Waals surface area contributed by atoms with Crippen LogP contribution in [0, 0.1) is 0 Å². The average molecular weight is 334 g/mol. The lowest BCUT2D eigenvalue weighted by Gasteiger charge is -2.29. The summed E-state index contributed by atoms with van der Waals surface area (Å²) in [6.45, 7) is 6.83. The molecule has 0 radical (unpaired) electrons. The van der Waals surface area contributed by atoms with Gasteiger partial charge in [-0.1, -0.05) is 17.7 Å². The van der Waals surface area contributed by atoms with Crippen molar-refractivity contribution in [2.45, 2.75) is 32.8 Å². The number of carbonyl (C=O) groups excluding carboxylic acids is 1. The van der Waals surface area contributed by atoms with Crippen LogP contribution in [0.2, 0.25) is 5.15 Å². The number of hydrogen-bond acceptors (Lipinski definition) is 3. The standard InChI is InChI=1S/C17H20ClN3O2/c1-17(2,3)23-16(22)21-6-4-11(5-7-21)12-9-19-14-8-15(18)20-10-13(12)14/h4,8-10,19H,5-7H2,1-3H3. The molecule has 1 amide bonds. The van der Waals surface area contributed by atoms with Crippen molar-refractivity contribution in [3.8, 4) is 0 Å². The summed E-state index contributed by atoms with van der Waals surface area (Å²) < 4.78 is 5.41. The Kier molecular flexibility index (Phi) is 4.06. The first kappa shape index (κ1) is 15.9. The minimum Gasteiger partial charge on any atom is -0.444 e. The van der Waals surface area contributed by atoms with Gasteiger partial charge in [0.25, 0.3) is 0 Å². The molecule has 0 spiro atoms. The Morgan fingerprint density at radius 3 is 2.87 bits per heavy atom. The Hall–Kier alpha value is -2.01. The summed E-state index contributed by atoms with van der Waals surface area (Å²) in [5, 5.41) is 1.52. The van der Waals surface area contributed by atoms with Crippen LogP contribution in [0.3, 0.4) is 0 Å². The lowest BCUT2D eigenvalue weighted by Crippen LogP contribution is -2.39. The van der Waals surface area contributed by atoms with Crippen LogP contribution in [0.25, 0.3) is 16.5 Å². The number of amides is 1. The Balaban J connectivity index is 1.77. The van der Waals surface area contributed by atoms with Gasteiger partial charge in [-0.05, 0) is 38.8 Å². The van der Waals surface area contributed by atoms with Gasteiger partial charge in [0, 0.05) is 36.4 Å². The molecule has 6 heteroatoms. The van der Waals surface area contributed by atoms with Gasteiger partial charge in [-0.25, -0.2) is 9.78 Å². The fourth-order valence-electron chi connectivity index (χ4n) is 2.66. The van der Waals surface area contributed by atoms with Gasteiger partial charge >= 0.3 is 6.09 Å². The highest BCUT2D eigenvalue weighted by Gasteiger charge is 2.24. The summed E-state index contributed by atoms with van der Waals surface area (Å²) in [6.07, 6.45) is 6.35. The molecule has 0 unspecified atom stereocenters. The number of nitrogens with zero attached hydrogens (tertiary/aromatic N) is 2. The Bertz CT molecular complexity index is 774. The topological polar surface area (TPSA) is 58.2 Å². The van der Waals surface area contributed by atoms with Crippen molar-refractivity contribution in [3.63, 3.8) is 0 Å². The number of aromatic amines is 1. The monoisotopic (exact) mass is 333 g/mol. The fourth-order valence-corrected chi connectivity index (χ4v) is 2.82. The molecule has 1 N–H and O–H groups in total. The number of carbonyl (C=O) groups is 1. The number of rotatable bonds is 1. The maximum Gasteiger partial charge on any atom is 0.410 e. The maximum absolute atomic E-state index is 12.1. The zero-order chi connectivity index (χ0) is 16.6. The smallest absolute Gasteiger partial charge is 0.410 e. The van der Waals surface area contributed by atoms with Crippen molar-refractivity contribution in [1.82, 2.24) is 14.9 Å². The Morgan fingerprint density at radius 2 is 2.22 bits per heavy atom. The van der Waals surface area contributed by atoms with Crippen LogP contribution in [-0.4, -0.2) is 39.7 Å². The molecule has 0 saturated heterocycles. The number of H-pyrrole nitrogens is 1. The Morgan fingerprint density at radius 1 is 1.43 bits per heavy atom. The molecular weight excluding hydrogens is 314 g/mol. The van der Waals surface area contributed by atoms with Crippen molar-refractivity contribution < 1.29 is 9.53 Å². The number of halogens is 1. The zero-order valence-electron chi connectivity index (χ0n) is 13.5. The molecule has 0 atom stereocenters. The molecule has 1 aliphatic rings. The van der Waals surface area contributed by atoms with Gasteiger partial charge < -0.3 is 14.6 Å². The number of nitrogens with one attached hydrogen (secondary N) is 1. The fraction of sp³-hybridized carbons (Fsp3) is 0.412. The highest BCUT2D eigenvalue weighted by molar-refractivity contribution is 6.30. The van der Waals surface area contributed by atoms with E-state index in [1.54, 1.807) is 11.1 Å². The lowest BCUT2D eigenvalue weighted by molar-refractivity contribution is 0.0270. The first-order chi connectivity index (χ1) is 10.8. The second-order valence-corrected chi connectivity index (χ2v) is 7.05. The predicted octanol–water partition coefficient (Wildman–Crippen LogP) is 4.24. The van der Waals surface area contributed by atoms with Gasteiger partial charge in [0.2, 0.25) is 0 Å². The van der Waals surface area contributed by atoms with Gasteiger partial charge in [-0.3, -0.25) is 0 Å². The minimum atomic E-state index is -0.469. The summed E-state index contributed by atoms with van der Waals surface area (Å²) >= 11 is 5.92. The molecule has 122 valence electrons. The second kappa shape index (κ2) is 5.89. The summed E-state index contributed by atoms with van der Waals surface area (Å²) in [4.78, 5) is 21.2. The van der Waals surface area contributed by atoms with Crippen LogP contribution < -0.4 is 0 Å². The first-order valence-corrected chi connectivity index (χ1v) is 8.01. The van der Waals surface area contributed by atoms with Crippen LogP contribution in [0.4, 0.5) is 4.79 Å². The Labute approximate surface area is 140 Å². The van der Waals surface area contributed by atoms with Crippen molar-refractivity contribution in [2.24, 2.45) is 0 Å². The first-order valence-electron chi connectivity index (χ1n) is 7.63. The van der Waals surface area contributed by atoms with Crippen LogP contribution in [0.5, 0.6) is 0 Å². The van der Waals surface area contributed by atoms with E-state index < -0.39 is 5.60 Å². The summed E-state index contributed by atoms with van der Waals surface area (Å²) in [6, 6.07) is 1.82. The van der Waals surface area contributed by atoms with E-state index in [4.69, 9.17) is 16.3 Å². The molecule has 23 heavy (non-hydrogen) atoms. The third-order valence-corrected chi connectivity index (χ3v) is 3.95. The van der Waals surface area contributed by atoms with Gasteiger partial charge in [0.15, 0.2) is 0 Å². The highest BCUT2D eigenvalue weighted by atomic mass is 35.5. The average Bonchev–Trinajstić information content (AvgIpc) is 2.88. The molecule has 5 nitrogen and oxygen atoms in total. The van der Waals surface area contributed by atoms with Crippen LogP contribution >= 0.6 is 11.6 Å². The molecule has 2 aromatic heterocycles. The van der Waals surface area contributed by atoms with Gasteiger partial charge in [0.1, 0.15) is 10.8 Å². The van der Waals surface area contributed by atoms with Crippen molar-refractivity contribution in [3.05, 3.63) is 35.3 Å².